The number of nitrogens with zero attached hydrogens (tertiary/aromatic N) is 1. The largest absolute Gasteiger partial charge is 0.348 e. The lowest BCUT2D eigenvalue weighted by Gasteiger charge is -2.11. The van der Waals surface area contributed by atoms with Crippen LogP contribution in [0.2, 0.25) is 5.02 Å². The van der Waals surface area contributed by atoms with Gasteiger partial charge in [-0.3, -0.25) is 9.89 Å². The molecule has 5 nitrogen and oxygen atoms in total. The summed E-state index contributed by atoms with van der Waals surface area (Å²) in [5.41, 5.74) is 2.08. The van der Waals surface area contributed by atoms with Crippen LogP contribution in [0.15, 0.2) is 30.5 Å². The monoisotopic (exact) mass is 326 g/mol. The molecule has 0 saturated carbocycles. The first kappa shape index (κ1) is 15.8. The number of rotatable bonds is 3. The third-order valence-electron chi connectivity index (χ3n) is 3.39. The summed E-state index contributed by atoms with van der Waals surface area (Å²) in [5.74, 6) is -0.109. The molecule has 21 heavy (non-hydrogen) atoms. The summed E-state index contributed by atoms with van der Waals surface area (Å²) in [6.07, 6.45) is 2.50. The Labute approximate surface area is 133 Å². The summed E-state index contributed by atoms with van der Waals surface area (Å²) in [4.78, 5) is 12.3. The van der Waals surface area contributed by atoms with Crippen molar-refractivity contribution in [2.75, 3.05) is 13.1 Å². The molecule has 1 saturated heterocycles. The standard InChI is InChI=1S/C14H15ClN4O.ClH/c15-10-3-1-2-9(6-10)13-12(8-17-19-13)14(20)18-11-4-5-16-7-11;/h1-3,6,8,11,16H,4-5,7H2,(H,17,19)(H,18,20);1H. The van der Waals surface area contributed by atoms with Crippen molar-refractivity contribution >= 4 is 29.9 Å². The van der Waals surface area contributed by atoms with Crippen LogP contribution in [0, 0.1) is 0 Å². The van der Waals surface area contributed by atoms with Crippen molar-refractivity contribution < 1.29 is 4.79 Å². The average molecular weight is 327 g/mol. The van der Waals surface area contributed by atoms with E-state index in [1.807, 2.05) is 18.2 Å². The number of halogens is 2. The van der Waals surface area contributed by atoms with Gasteiger partial charge in [-0.15, -0.1) is 12.4 Å². The van der Waals surface area contributed by atoms with Gasteiger partial charge in [0, 0.05) is 23.2 Å². The van der Waals surface area contributed by atoms with Gasteiger partial charge in [0.2, 0.25) is 0 Å². The second-order valence-corrected chi connectivity index (χ2v) is 5.27. The molecule has 1 fully saturated rings. The Hall–Kier alpha value is -1.56. The molecule has 0 spiro atoms. The molecule has 2 heterocycles. The van der Waals surface area contributed by atoms with Crippen LogP contribution in [-0.2, 0) is 0 Å². The Kier molecular flexibility index (Phi) is 5.22. The lowest BCUT2D eigenvalue weighted by Crippen LogP contribution is -2.36. The van der Waals surface area contributed by atoms with Crippen molar-refractivity contribution in [3.8, 4) is 11.3 Å². The predicted octanol–water partition coefficient (Wildman–Crippen LogP) is 2.24. The highest BCUT2D eigenvalue weighted by atomic mass is 35.5. The zero-order valence-corrected chi connectivity index (χ0v) is 12.8. The quantitative estimate of drug-likeness (QED) is 0.810. The molecule has 0 bridgehead atoms. The van der Waals surface area contributed by atoms with E-state index in [0.717, 1.165) is 25.1 Å². The van der Waals surface area contributed by atoms with E-state index in [0.29, 0.717) is 16.3 Å². The molecule has 1 aliphatic rings. The minimum absolute atomic E-state index is 0. The number of carbonyl (C=O) groups excluding carboxylic acids is 1. The highest BCUT2D eigenvalue weighted by molar-refractivity contribution is 6.30. The molecule has 1 atom stereocenters. The average Bonchev–Trinajstić information content (AvgIpc) is 3.09. The number of aromatic amines is 1. The first-order chi connectivity index (χ1) is 9.74. The van der Waals surface area contributed by atoms with Crippen molar-refractivity contribution in [2.24, 2.45) is 0 Å². The summed E-state index contributed by atoms with van der Waals surface area (Å²) < 4.78 is 0. The predicted molar refractivity (Wildman–Crippen MR) is 85.0 cm³/mol. The van der Waals surface area contributed by atoms with Gasteiger partial charge in [-0.25, -0.2) is 0 Å². The summed E-state index contributed by atoms with van der Waals surface area (Å²) in [5, 5.41) is 13.7. The van der Waals surface area contributed by atoms with Crippen LogP contribution in [-0.4, -0.2) is 35.2 Å². The molecule has 7 heteroatoms. The van der Waals surface area contributed by atoms with E-state index in [-0.39, 0.29) is 24.4 Å². The molecule has 112 valence electrons. The smallest absolute Gasteiger partial charge is 0.255 e. The summed E-state index contributed by atoms with van der Waals surface area (Å²) in [7, 11) is 0. The van der Waals surface area contributed by atoms with Crippen LogP contribution < -0.4 is 10.6 Å². The third-order valence-corrected chi connectivity index (χ3v) is 3.63. The second kappa shape index (κ2) is 6.93. The van der Waals surface area contributed by atoms with Gasteiger partial charge in [0.05, 0.1) is 17.5 Å². The fourth-order valence-corrected chi connectivity index (χ4v) is 2.55. The van der Waals surface area contributed by atoms with E-state index in [1.165, 1.54) is 0 Å². The van der Waals surface area contributed by atoms with E-state index in [4.69, 9.17) is 11.6 Å². The van der Waals surface area contributed by atoms with Gasteiger partial charge < -0.3 is 10.6 Å². The zero-order valence-electron chi connectivity index (χ0n) is 11.2. The number of carbonyl (C=O) groups is 1. The molecule has 2 aromatic rings. The highest BCUT2D eigenvalue weighted by Gasteiger charge is 2.21. The van der Waals surface area contributed by atoms with E-state index in [9.17, 15) is 4.79 Å². The number of hydrogen-bond acceptors (Lipinski definition) is 3. The van der Waals surface area contributed by atoms with E-state index < -0.39 is 0 Å². The van der Waals surface area contributed by atoms with Crippen LogP contribution in [0.25, 0.3) is 11.3 Å². The van der Waals surface area contributed by atoms with Gasteiger partial charge in [-0.05, 0) is 25.1 Å². The summed E-state index contributed by atoms with van der Waals surface area (Å²) >= 11 is 5.99. The Bertz CT molecular complexity index is 623. The third kappa shape index (κ3) is 3.56. The Morgan fingerprint density at radius 2 is 2.29 bits per heavy atom. The molecule has 0 radical (unpaired) electrons. The molecular formula is C14H16Cl2N4O. The van der Waals surface area contributed by atoms with E-state index in [2.05, 4.69) is 20.8 Å². The second-order valence-electron chi connectivity index (χ2n) is 4.83. The fraction of sp³-hybridized carbons (Fsp3) is 0.286. The van der Waals surface area contributed by atoms with Gasteiger partial charge in [-0.2, -0.15) is 5.10 Å². The molecule has 0 aliphatic carbocycles. The molecular weight excluding hydrogens is 311 g/mol. The molecule has 3 N–H and O–H groups in total. The van der Waals surface area contributed by atoms with Crippen LogP contribution in [0.4, 0.5) is 0 Å². The molecule has 1 amide bonds. The molecule has 1 unspecified atom stereocenters. The number of nitrogens with one attached hydrogen (secondary N) is 3. The van der Waals surface area contributed by atoms with Gasteiger partial charge in [-0.1, -0.05) is 23.7 Å². The maximum Gasteiger partial charge on any atom is 0.255 e. The van der Waals surface area contributed by atoms with Crippen LogP contribution in [0.3, 0.4) is 0 Å². The number of H-pyrrole nitrogens is 1. The van der Waals surface area contributed by atoms with Crippen LogP contribution >= 0.6 is 24.0 Å². The van der Waals surface area contributed by atoms with Crippen molar-refractivity contribution in [1.82, 2.24) is 20.8 Å². The SMILES string of the molecule is Cl.O=C(NC1CCNC1)c1cn[nH]c1-c1cccc(Cl)c1. The van der Waals surface area contributed by atoms with Crippen LogP contribution in [0.5, 0.6) is 0 Å². The van der Waals surface area contributed by atoms with Crippen molar-refractivity contribution in [3.63, 3.8) is 0 Å². The van der Waals surface area contributed by atoms with Gasteiger partial charge in [0.15, 0.2) is 0 Å². The normalized spacial score (nSPS) is 17.3. The topological polar surface area (TPSA) is 69.8 Å². The van der Waals surface area contributed by atoms with E-state index >= 15 is 0 Å². The Morgan fingerprint density at radius 1 is 1.43 bits per heavy atom. The molecule has 1 aromatic heterocycles. The zero-order chi connectivity index (χ0) is 13.9. The van der Waals surface area contributed by atoms with Gasteiger partial charge in [0.1, 0.15) is 0 Å². The lowest BCUT2D eigenvalue weighted by molar-refractivity contribution is 0.0941. The van der Waals surface area contributed by atoms with Crippen molar-refractivity contribution in [3.05, 3.63) is 41.0 Å². The van der Waals surface area contributed by atoms with Crippen molar-refractivity contribution in [2.45, 2.75) is 12.5 Å². The maximum atomic E-state index is 12.3. The number of benzene rings is 1. The lowest BCUT2D eigenvalue weighted by atomic mass is 10.1. The minimum Gasteiger partial charge on any atom is -0.348 e. The Morgan fingerprint density at radius 3 is 3.00 bits per heavy atom. The number of hydrogen-bond donors (Lipinski definition) is 3. The van der Waals surface area contributed by atoms with Crippen LogP contribution in [0.1, 0.15) is 16.8 Å². The minimum atomic E-state index is -0.109. The first-order valence-electron chi connectivity index (χ1n) is 6.55. The molecule has 1 aliphatic heterocycles. The van der Waals surface area contributed by atoms with Gasteiger partial charge in [0.25, 0.3) is 5.91 Å². The molecule has 1 aromatic carbocycles. The fourth-order valence-electron chi connectivity index (χ4n) is 2.36. The molecule has 3 rings (SSSR count). The Balaban J connectivity index is 0.00000161. The highest BCUT2D eigenvalue weighted by Crippen LogP contribution is 2.24. The number of aromatic nitrogens is 2. The summed E-state index contributed by atoms with van der Waals surface area (Å²) in [6.45, 7) is 1.76. The van der Waals surface area contributed by atoms with Crippen molar-refractivity contribution in [1.29, 1.82) is 0 Å². The first-order valence-corrected chi connectivity index (χ1v) is 6.93. The van der Waals surface area contributed by atoms with E-state index in [1.54, 1.807) is 12.3 Å². The van der Waals surface area contributed by atoms with Gasteiger partial charge >= 0.3 is 0 Å². The summed E-state index contributed by atoms with van der Waals surface area (Å²) in [6, 6.07) is 7.53. The maximum absolute atomic E-state index is 12.3. The number of amides is 1.